The molecule has 1 aromatic carbocycles. The number of rotatable bonds is 8. The van der Waals surface area contributed by atoms with Gasteiger partial charge in [-0.25, -0.2) is 24.3 Å². The van der Waals surface area contributed by atoms with Crippen LogP contribution >= 0.6 is 11.8 Å². The number of piperazine rings is 1. The van der Waals surface area contributed by atoms with Crippen molar-refractivity contribution in [1.82, 2.24) is 34.7 Å². The fraction of sp³-hybridized carbons (Fsp3) is 0.333. The van der Waals surface area contributed by atoms with Gasteiger partial charge < -0.3 is 20.2 Å². The monoisotopic (exact) mass is 522 g/mol. The number of halogens is 1. The number of hydrogen-bond acceptors (Lipinski definition) is 11. The van der Waals surface area contributed by atoms with Gasteiger partial charge in [0.1, 0.15) is 12.1 Å². The van der Waals surface area contributed by atoms with E-state index in [4.69, 9.17) is 0 Å². The molecule has 0 radical (unpaired) electrons. The molecule has 0 spiro atoms. The number of nitrogens with one attached hydrogen (secondary N) is 1. The van der Waals surface area contributed by atoms with E-state index < -0.39 is 6.10 Å². The van der Waals surface area contributed by atoms with Gasteiger partial charge in [-0.15, -0.1) is 0 Å². The largest absolute Gasteiger partial charge is 0.391 e. The van der Waals surface area contributed by atoms with E-state index in [9.17, 15) is 9.50 Å². The Hall–Kier alpha value is -3.84. The Bertz CT molecular complexity index is 1340. The van der Waals surface area contributed by atoms with Crippen molar-refractivity contribution in [2.75, 3.05) is 41.3 Å². The second-order valence-corrected chi connectivity index (χ2v) is 9.77. The third-order valence-corrected chi connectivity index (χ3v) is 6.73. The number of benzene rings is 1. The molecule has 2 N–H and O–H groups in total. The highest BCUT2D eigenvalue weighted by atomic mass is 32.2. The van der Waals surface area contributed by atoms with Crippen LogP contribution in [0.25, 0.3) is 0 Å². The first-order valence-electron chi connectivity index (χ1n) is 11.9. The molecule has 1 aliphatic heterocycles. The Labute approximate surface area is 217 Å². The summed E-state index contributed by atoms with van der Waals surface area (Å²) >= 11 is 1.30. The average molecular weight is 523 g/mol. The molecule has 0 unspecified atom stereocenters. The molecule has 0 saturated carbocycles. The number of aryl methyl sites for hydroxylation is 1. The molecule has 1 atom stereocenters. The summed E-state index contributed by atoms with van der Waals surface area (Å²) in [4.78, 5) is 27.7. The molecule has 5 rings (SSSR count). The van der Waals surface area contributed by atoms with E-state index >= 15 is 0 Å². The van der Waals surface area contributed by atoms with Crippen LogP contribution in [-0.4, -0.2) is 72.1 Å². The first kappa shape index (κ1) is 24.8. The van der Waals surface area contributed by atoms with Crippen LogP contribution in [0.15, 0.2) is 59.0 Å². The van der Waals surface area contributed by atoms with Crippen LogP contribution in [-0.2, 0) is 6.54 Å². The van der Waals surface area contributed by atoms with E-state index in [-0.39, 0.29) is 5.82 Å². The highest BCUT2D eigenvalue weighted by Gasteiger charge is 2.21. The van der Waals surface area contributed by atoms with Gasteiger partial charge in [0, 0.05) is 54.6 Å². The smallest absolute Gasteiger partial charge is 0.232 e. The zero-order chi connectivity index (χ0) is 25.8. The lowest BCUT2D eigenvalue weighted by atomic mass is 10.3. The van der Waals surface area contributed by atoms with Gasteiger partial charge in [-0.2, -0.15) is 10.1 Å². The minimum atomic E-state index is -0.490. The number of nitrogens with zero attached hydrogens (tertiary/aromatic N) is 9. The zero-order valence-corrected chi connectivity index (χ0v) is 21.3. The Morgan fingerprint density at radius 2 is 1.73 bits per heavy atom. The molecule has 11 nitrogen and oxygen atoms in total. The summed E-state index contributed by atoms with van der Waals surface area (Å²) in [5.41, 5.74) is 1.56. The highest BCUT2D eigenvalue weighted by molar-refractivity contribution is 7.99. The predicted octanol–water partition coefficient (Wildman–Crippen LogP) is 2.91. The van der Waals surface area contributed by atoms with Crippen molar-refractivity contribution < 1.29 is 9.50 Å². The maximum absolute atomic E-state index is 13.9. The SMILES string of the molecule is Cc1nn(C[C@H](C)O)cc1Nc1ncnc(N2CCN(c3ncc(Sc4ccccc4F)cn3)CC2)n1. The van der Waals surface area contributed by atoms with Crippen LogP contribution < -0.4 is 15.1 Å². The Kier molecular flexibility index (Phi) is 7.42. The second kappa shape index (κ2) is 11.0. The number of anilines is 4. The van der Waals surface area contributed by atoms with Crippen molar-refractivity contribution in [3.05, 3.63) is 60.7 Å². The molecule has 37 heavy (non-hydrogen) atoms. The Balaban J connectivity index is 1.18. The van der Waals surface area contributed by atoms with Crippen molar-refractivity contribution in [3.8, 4) is 0 Å². The topological polar surface area (TPSA) is 121 Å². The number of aliphatic hydroxyl groups is 1. The molecule has 192 valence electrons. The lowest BCUT2D eigenvalue weighted by Crippen LogP contribution is -2.47. The Morgan fingerprint density at radius 1 is 1.03 bits per heavy atom. The van der Waals surface area contributed by atoms with E-state index in [1.807, 2.05) is 13.1 Å². The second-order valence-electron chi connectivity index (χ2n) is 8.66. The van der Waals surface area contributed by atoms with Crippen LogP contribution in [0.1, 0.15) is 12.6 Å². The summed E-state index contributed by atoms with van der Waals surface area (Å²) in [6, 6.07) is 6.65. The van der Waals surface area contributed by atoms with Gasteiger partial charge in [0.25, 0.3) is 0 Å². The zero-order valence-electron chi connectivity index (χ0n) is 20.5. The van der Waals surface area contributed by atoms with E-state index in [2.05, 4.69) is 45.1 Å². The first-order valence-corrected chi connectivity index (χ1v) is 12.7. The van der Waals surface area contributed by atoms with Crippen molar-refractivity contribution in [1.29, 1.82) is 0 Å². The van der Waals surface area contributed by atoms with E-state index in [1.54, 1.807) is 42.2 Å². The highest BCUT2D eigenvalue weighted by Crippen LogP contribution is 2.29. The Morgan fingerprint density at radius 3 is 2.43 bits per heavy atom. The quantitative estimate of drug-likeness (QED) is 0.355. The summed E-state index contributed by atoms with van der Waals surface area (Å²) in [7, 11) is 0. The number of aromatic nitrogens is 7. The summed E-state index contributed by atoms with van der Waals surface area (Å²) in [5.74, 6) is 1.40. The van der Waals surface area contributed by atoms with Crippen LogP contribution in [0.4, 0.5) is 27.9 Å². The summed E-state index contributed by atoms with van der Waals surface area (Å²) in [5, 5.41) is 17.2. The summed E-state index contributed by atoms with van der Waals surface area (Å²) < 4.78 is 15.6. The fourth-order valence-corrected chi connectivity index (χ4v) is 4.69. The molecule has 13 heteroatoms. The lowest BCUT2D eigenvalue weighted by molar-refractivity contribution is 0.168. The molecule has 1 saturated heterocycles. The standard InChI is InChI=1S/C24H27FN10OS/c1-16(36)13-35-14-20(17(2)32-35)30-22-28-15-29-24(31-22)34-9-7-33(8-10-34)23-26-11-18(12-27-23)37-21-6-4-3-5-19(21)25/h3-6,11-12,14-16,36H,7-10,13H2,1-2H3,(H,28,29,30,31)/t16-/m0/s1. The van der Waals surface area contributed by atoms with E-state index in [0.29, 0.717) is 55.5 Å². The predicted molar refractivity (Wildman–Crippen MR) is 139 cm³/mol. The van der Waals surface area contributed by atoms with Gasteiger partial charge in [0.15, 0.2) is 0 Å². The summed E-state index contributed by atoms with van der Waals surface area (Å²) in [6.07, 6.45) is 6.27. The molecule has 0 bridgehead atoms. The fourth-order valence-electron chi connectivity index (χ4n) is 3.91. The van der Waals surface area contributed by atoms with Gasteiger partial charge in [-0.1, -0.05) is 23.9 Å². The molecule has 0 aliphatic carbocycles. The molecular weight excluding hydrogens is 495 g/mol. The number of hydrogen-bond donors (Lipinski definition) is 2. The number of aliphatic hydroxyl groups excluding tert-OH is 1. The third-order valence-electron chi connectivity index (χ3n) is 5.73. The molecule has 0 amide bonds. The van der Waals surface area contributed by atoms with Crippen molar-refractivity contribution in [3.63, 3.8) is 0 Å². The normalized spacial score (nSPS) is 14.6. The van der Waals surface area contributed by atoms with Crippen LogP contribution in [0.3, 0.4) is 0 Å². The van der Waals surface area contributed by atoms with Gasteiger partial charge in [-0.05, 0) is 26.0 Å². The molecular formula is C24H27FN10OS. The summed E-state index contributed by atoms with van der Waals surface area (Å²) in [6.45, 7) is 6.82. The van der Waals surface area contributed by atoms with Crippen LogP contribution in [0.5, 0.6) is 0 Å². The van der Waals surface area contributed by atoms with Gasteiger partial charge in [-0.3, -0.25) is 4.68 Å². The molecule has 4 heterocycles. The molecule has 1 fully saturated rings. The minimum absolute atomic E-state index is 0.258. The van der Waals surface area contributed by atoms with E-state index in [1.165, 1.54) is 24.2 Å². The molecule has 4 aromatic rings. The third kappa shape index (κ3) is 6.12. The van der Waals surface area contributed by atoms with Crippen molar-refractivity contribution in [2.45, 2.75) is 36.3 Å². The van der Waals surface area contributed by atoms with Gasteiger partial charge in [0.05, 0.1) is 24.0 Å². The molecule has 1 aliphatic rings. The average Bonchev–Trinajstić information content (AvgIpc) is 3.23. The maximum atomic E-state index is 13.9. The van der Waals surface area contributed by atoms with Crippen molar-refractivity contribution >= 4 is 35.3 Å². The maximum Gasteiger partial charge on any atom is 0.232 e. The van der Waals surface area contributed by atoms with Crippen molar-refractivity contribution in [2.24, 2.45) is 0 Å². The first-order chi connectivity index (χ1) is 17.9. The van der Waals surface area contributed by atoms with Gasteiger partial charge in [0.2, 0.25) is 17.8 Å². The lowest BCUT2D eigenvalue weighted by Gasteiger charge is -2.34. The van der Waals surface area contributed by atoms with Crippen LogP contribution in [0, 0.1) is 12.7 Å². The van der Waals surface area contributed by atoms with Crippen LogP contribution in [0.2, 0.25) is 0 Å². The van der Waals surface area contributed by atoms with E-state index in [0.717, 1.165) is 16.3 Å². The van der Waals surface area contributed by atoms with Gasteiger partial charge >= 0.3 is 0 Å². The minimum Gasteiger partial charge on any atom is -0.391 e. The molecule has 3 aromatic heterocycles.